The molecule has 114 valence electrons. The van der Waals surface area contributed by atoms with E-state index in [0.29, 0.717) is 24.5 Å². The van der Waals surface area contributed by atoms with Gasteiger partial charge in [-0.25, -0.2) is 0 Å². The summed E-state index contributed by atoms with van der Waals surface area (Å²) in [7, 11) is 0. The molecule has 3 unspecified atom stereocenters. The van der Waals surface area contributed by atoms with Gasteiger partial charge >= 0.3 is 5.97 Å². The van der Waals surface area contributed by atoms with E-state index in [9.17, 15) is 9.59 Å². The Balaban J connectivity index is 1.84. The Morgan fingerprint density at radius 1 is 0.850 bits per heavy atom. The molecule has 3 nitrogen and oxygen atoms in total. The van der Waals surface area contributed by atoms with Gasteiger partial charge in [0.25, 0.3) is 0 Å². The number of hydrogen-bond donors (Lipinski definition) is 1. The number of aliphatic carboxylic acids is 1. The molecule has 3 heteroatoms. The van der Waals surface area contributed by atoms with Crippen molar-refractivity contribution in [1.82, 2.24) is 0 Å². The van der Waals surface area contributed by atoms with Crippen molar-refractivity contribution in [3.63, 3.8) is 0 Å². The topological polar surface area (TPSA) is 54.4 Å². The van der Waals surface area contributed by atoms with Crippen LogP contribution < -0.4 is 0 Å². The van der Waals surface area contributed by atoms with E-state index in [2.05, 4.69) is 0 Å². The van der Waals surface area contributed by atoms with Crippen LogP contribution in [0.2, 0.25) is 0 Å². The summed E-state index contributed by atoms with van der Waals surface area (Å²) >= 11 is 0. The molecule has 0 spiro atoms. The molecular formula is C17H28O3. The number of ketones is 1. The van der Waals surface area contributed by atoms with Gasteiger partial charge in [-0.05, 0) is 37.5 Å². The number of fused-ring (bicyclic) bond motifs is 1. The van der Waals surface area contributed by atoms with Gasteiger partial charge in [0.2, 0.25) is 0 Å². The van der Waals surface area contributed by atoms with Crippen LogP contribution in [0.4, 0.5) is 0 Å². The summed E-state index contributed by atoms with van der Waals surface area (Å²) in [5.41, 5.74) is 0. The maximum atomic E-state index is 12.5. The standard InChI is InChI=1S/C17H28O3/c18-16(11-5-6-12-17(19)20)15-10-4-2-8-13-7-1-3-9-14(13)15/h13-15H,1-12H2,(H,19,20). The number of carbonyl (C=O) groups is 2. The SMILES string of the molecule is O=C(O)CCCCC(=O)C1CCCCC2CCCCC21. The first-order valence-corrected chi connectivity index (χ1v) is 8.43. The number of Topliss-reactive ketones (excluding diaryl/α,β-unsaturated/α-hetero) is 1. The van der Waals surface area contributed by atoms with Crippen LogP contribution in [0.15, 0.2) is 0 Å². The molecule has 0 aliphatic heterocycles. The van der Waals surface area contributed by atoms with E-state index in [0.717, 1.165) is 18.8 Å². The van der Waals surface area contributed by atoms with Gasteiger partial charge in [-0.2, -0.15) is 0 Å². The second-order valence-electron chi connectivity index (χ2n) is 6.67. The Morgan fingerprint density at radius 3 is 2.15 bits per heavy atom. The van der Waals surface area contributed by atoms with Crippen molar-refractivity contribution in [3.8, 4) is 0 Å². The van der Waals surface area contributed by atoms with E-state index in [4.69, 9.17) is 5.11 Å². The van der Waals surface area contributed by atoms with Crippen LogP contribution in [0.3, 0.4) is 0 Å². The first kappa shape index (κ1) is 15.5. The van der Waals surface area contributed by atoms with E-state index >= 15 is 0 Å². The Kier molecular flexibility index (Phi) is 6.06. The van der Waals surface area contributed by atoms with E-state index in [1.807, 2.05) is 0 Å². The Morgan fingerprint density at radius 2 is 1.45 bits per heavy atom. The van der Waals surface area contributed by atoms with Crippen LogP contribution in [0.25, 0.3) is 0 Å². The summed E-state index contributed by atoms with van der Waals surface area (Å²) in [4.78, 5) is 23.0. The van der Waals surface area contributed by atoms with Crippen LogP contribution in [0.5, 0.6) is 0 Å². The molecule has 2 rings (SSSR count). The number of carboxylic acids is 1. The molecule has 2 aliphatic rings. The number of carbonyl (C=O) groups excluding carboxylic acids is 1. The summed E-state index contributed by atoms with van der Waals surface area (Å²) < 4.78 is 0. The molecule has 0 aromatic rings. The lowest BCUT2D eigenvalue weighted by molar-refractivity contribution is -0.137. The maximum absolute atomic E-state index is 12.5. The number of rotatable bonds is 6. The fraction of sp³-hybridized carbons (Fsp3) is 0.882. The van der Waals surface area contributed by atoms with Gasteiger partial charge in [-0.15, -0.1) is 0 Å². The van der Waals surface area contributed by atoms with Crippen molar-refractivity contribution < 1.29 is 14.7 Å². The summed E-state index contributed by atoms with van der Waals surface area (Å²) in [6.07, 6.45) is 12.3. The Bertz CT molecular complexity index is 337. The zero-order chi connectivity index (χ0) is 14.4. The first-order chi connectivity index (χ1) is 9.68. The highest BCUT2D eigenvalue weighted by atomic mass is 16.4. The van der Waals surface area contributed by atoms with Gasteiger partial charge in [0.1, 0.15) is 5.78 Å². The third kappa shape index (κ3) is 4.32. The molecule has 2 aliphatic carbocycles. The lowest BCUT2D eigenvalue weighted by Gasteiger charge is -2.34. The monoisotopic (exact) mass is 280 g/mol. The molecule has 20 heavy (non-hydrogen) atoms. The van der Waals surface area contributed by atoms with Crippen molar-refractivity contribution in [1.29, 1.82) is 0 Å². The average Bonchev–Trinajstić information content (AvgIpc) is 2.65. The zero-order valence-corrected chi connectivity index (χ0v) is 12.5. The fourth-order valence-corrected chi connectivity index (χ4v) is 4.27. The van der Waals surface area contributed by atoms with Crippen LogP contribution in [-0.4, -0.2) is 16.9 Å². The smallest absolute Gasteiger partial charge is 0.303 e. The molecule has 0 saturated heterocycles. The highest BCUT2D eigenvalue weighted by Gasteiger charge is 2.36. The van der Waals surface area contributed by atoms with Gasteiger partial charge < -0.3 is 5.11 Å². The van der Waals surface area contributed by atoms with Crippen molar-refractivity contribution in [3.05, 3.63) is 0 Å². The lowest BCUT2D eigenvalue weighted by Crippen LogP contribution is -2.30. The normalized spacial score (nSPS) is 30.3. The van der Waals surface area contributed by atoms with E-state index in [1.54, 1.807) is 0 Å². The van der Waals surface area contributed by atoms with E-state index < -0.39 is 5.97 Å². The molecule has 2 fully saturated rings. The Labute approximate surface area is 122 Å². The van der Waals surface area contributed by atoms with Crippen molar-refractivity contribution in [2.24, 2.45) is 17.8 Å². The van der Waals surface area contributed by atoms with Crippen molar-refractivity contribution >= 4 is 11.8 Å². The third-order valence-corrected chi connectivity index (χ3v) is 5.30. The van der Waals surface area contributed by atoms with Gasteiger partial charge in [-0.1, -0.05) is 38.5 Å². The fourth-order valence-electron chi connectivity index (χ4n) is 4.27. The van der Waals surface area contributed by atoms with Crippen LogP contribution in [0, 0.1) is 17.8 Å². The maximum Gasteiger partial charge on any atom is 0.303 e. The van der Waals surface area contributed by atoms with Crippen molar-refractivity contribution in [2.45, 2.75) is 77.0 Å². The molecule has 0 amide bonds. The highest BCUT2D eigenvalue weighted by molar-refractivity contribution is 5.81. The molecular weight excluding hydrogens is 252 g/mol. The predicted octanol–water partition coefficient (Wildman–Crippen LogP) is 4.20. The molecule has 0 aromatic heterocycles. The second kappa shape index (κ2) is 7.80. The van der Waals surface area contributed by atoms with Gasteiger partial charge in [0.05, 0.1) is 0 Å². The highest BCUT2D eigenvalue weighted by Crippen LogP contribution is 2.43. The minimum absolute atomic E-state index is 0.198. The molecule has 0 heterocycles. The number of carboxylic acid groups (broad SMARTS) is 1. The minimum atomic E-state index is -0.751. The van der Waals surface area contributed by atoms with Gasteiger partial charge in [-0.3, -0.25) is 9.59 Å². The quantitative estimate of drug-likeness (QED) is 0.742. The summed E-state index contributed by atoms with van der Waals surface area (Å²) in [6, 6.07) is 0. The van der Waals surface area contributed by atoms with Gasteiger partial charge in [0.15, 0.2) is 0 Å². The lowest BCUT2D eigenvalue weighted by atomic mass is 9.70. The van der Waals surface area contributed by atoms with E-state index in [-0.39, 0.29) is 12.3 Å². The summed E-state index contributed by atoms with van der Waals surface area (Å²) in [5.74, 6) is 1.39. The largest absolute Gasteiger partial charge is 0.481 e. The number of unbranched alkanes of at least 4 members (excludes halogenated alkanes) is 1. The zero-order valence-electron chi connectivity index (χ0n) is 12.5. The molecule has 0 bridgehead atoms. The Hall–Kier alpha value is -0.860. The summed E-state index contributed by atoms with van der Waals surface area (Å²) in [6.45, 7) is 0. The molecule has 3 atom stereocenters. The van der Waals surface area contributed by atoms with Crippen LogP contribution in [-0.2, 0) is 9.59 Å². The van der Waals surface area contributed by atoms with Crippen LogP contribution in [0.1, 0.15) is 77.0 Å². The third-order valence-electron chi connectivity index (χ3n) is 5.30. The second-order valence-corrected chi connectivity index (χ2v) is 6.67. The number of hydrogen-bond acceptors (Lipinski definition) is 2. The first-order valence-electron chi connectivity index (χ1n) is 8.43. The van der Waals surface area contributed by atoms with Gasteiger partial charge in [0, 0.05) is 18.8 Å². The average molecular weight is 280 g/mol. The molecule has 2 saturated carbocycles. The molecule has 0 aromatic carbocycles. The van der Waals surface area contributed by atoms with Crippen LogP contribution >= 0.6 is 0 Å². The molecule has 0 radical (unpaired) electrons. The van der Waals surface area contributed by atoms with Crippen molar-refractivity contribution in [2.75, 3.05) is 0 Å². The minimum Gasteiger partial charge on any atom is -0.481 e. The molecule has 1 N–H and O–H groups in total. The predicted molar refractivity (Wildman–Crippen MR) is 78.5 cm³/mol. The van der Waals surface area contributed by atoms with E-state index in [1.165, 1.54) is 44.9 Å². The summed E-state index contributed by atoms with van der Waals surface area (Å²) in [5, 5.41) is 8.63.